The number of carbonyl (C=O) groups excluding carboxylic acids is 2. The molecule has 1 N–H and O–H groups in total. The number of fused-ring (bicyclic) bond motifs is 1. The van der Waals surface area contributed by atoms with E-state index in [1.54, 1.807) is 23.1 Å². The van der Waals surface area contributed by atoms with Gasteiger partial charge in [0.05, 0.1) is 0 Å². The van der Waals surface area contributed by atoms with Crippen LogP contribution in [-0.4, -0.2) is 42.5 Å². The normalized spacial score (nSPS) is 14.0. The summed E-state index contributed by atoms with van der Waals surface area (Å²) in [4.78, 5) is 25.5. The predicted molar refractivity (Wildman–Crippen MR) is 87.8 cm³/mol. The maximum absolute atomic E-state index is 12.1. The lowest BCUT2D eigenvalue weighted by molar-refractivity contribution is -0.131. The van der Waals surface area contributed by atoms with Crippen LogP contribution in [0.1, 0.15) is 33.6 Å². The van der Waals surface area contributed by atoms with Gasteiger partial charge in [0.1, 0.15) is 13.2 Å². The second-order valence-corrected chi connectivity index (χ2v) is 5.63. The summed E-state index contributed by atoms with van der Waals surface area (Å²) >= 11 is 0. The van der Waals surface area contributed by atoms with E-state index in [0.29, 0.717) is 36.9 Å². The van der Waals surface area contributed by atoms with Gasteiger partial charge in [-0.25, -0.2) is 0 Å². The number of hydrogen-bond acceptors (Lipinski definition) is 4. The van der Waals surface area contributed by atoms with Crippen molar-refractivity contribution in [3.05, 3.63) is 18.2 Å². The molecule has 1 aliphatic heterocycles. The number of nitrogens with zero attached hydrogens (tertiary/aromatic N) is 1. The van der Waals surface area contributed by atoms with Crippen LogP contribution in [0.5, 0.6) is 11.5 Å². The Labute approximate surface area is 136 Å². The molecule has 1 aliphatic rings. The fraction of sp³-hybridized carbons (Fsp3) is 0.529. The standard InChI is InChI=1S/C17H24N2O4/c1-4-12(2)19(13(3)20)8-7-17(21)18-14-5-6-15-16(11-14)23-10-9-22-15/h5-6,11-12H,4,7-10H2,1-3H3,(H,18,21). The number of rotatable bonds is 6. The summed E-state index contributed by atoms with van der Waals surface area (Å²) in [6.07, 6.45) is 1.13. The number of amides is 2. The predicted octanol–water partition coefficient (Wildman–Crippen LogP) is 2.43. The molecule has 0 saturated heterocycles. The zero-order chi connectivity index (χ0) is 16.8. The van der Waals surface area contributed by atoms with Crippen molar-refractivity contribution in [2.24, 2.45) is 0 Å². The highest BCUT2D eigenvalue weighted by molar-refractivity contribution is 5.91. The van der Waals surface area contributed by atoms with E-state index in [4.69, 9.17) is 9.47 Å². The van der Waals surface area contributed by atoms with Crippen LogP contribution < -0.4 is 14.8 Å². The third-order valence-electron chi connectivity index (χ3n) is 3.93. The van der Waals surface area contributed by atoms with Crippen LogP contribution in [0, 0.1) is 0 Å². The molecule has 0 spiro atoms. The van der Waals surface area contributed by atoms with E-state index >= 15 is 0 Å². The Morgan fingerprint density at radius 3 is 2.61 bits per heavy atom. The van der Waals surface area contributed by atoms with Crippen LogP contribution >= 0.6 is 0 Å². The van der Waals surface area contributed by atoms with E-state index in [1.165, 1.54) is 6.92 Å². The highest BCUT2D eigenvalue weighted by Crippen LogP contribution is 2.32. The van der Waals surface area contributed by atoms with Crippen molar-refractivity contribution >= 4 is 17.5 Å². The molecule has 1 unspecified atom stereocenters. The number of nitrogens with one attached hydrogen (secondary N) is 1. The maximum Gasteiger partial charge on any atom is 0.226 e. The molecule has 0 fully saturated rings. The van der Waals surface area contributed by atoms with Crippen molar-refractivity contribution in [1.82, 2.24) is 4.90 Å². The highest BCUT2D eigenvalue weighted by atomic mass is 16.6. The minimum absolute atomic E-state index is 0.00789. The number of anilines is 1. The zero-order valence-electron chi connectivity index (χ0n) is 13.9. The summed E-state index contributed by atoms with van der Waals surface area (Å²) < 4.78 is 10.9. The Balaban J connectivity index is 1.90. The smallest absolute Gasteiger partial charge is 0.226 e. The molecule has 1 aromatic rings. The minimum atomic E-state index is -0.128. The van der Waals surface area contributed by atoms with E-state index in [1.807, 2.05) is 13.8 Å². The first-order valence-corrected chi connectivity index (χ1v) is 7.98. The number of carbonyl (C=O) groups is 2. The van der Waals surface area contributed by atoms with E-state index in [0.717, 1.165) is 6.42 Å². The van der Waals surface area contributed by atoms with Crippen LogP contribution in [0.3, 0.4) is 0 Å². The second kappa shape index (κ2) is 7.85. The third-order valence-corrected chi connectivity index (χ3v) is 3.93. The van der Waals surface area contributed by atoms with Crippen molar-refractivity contribution in [2.45, 2.75) is 39.7 Å². The van der Waals surface area contributed by atoms with Gasteiger partial charge in [-0.05, 0) is 25.5 Å². The monoisotopic (exact) mass is 320 g/mol. The average Bonchev–Trinajstić information content (AvgIpc) is 2.54. The summed E-state index contributed by atoms with van der Waals surface area (Å²) in [5.74, 6) is 1.19. The Bertz CT molecular complexity index is 574. The van der Waals surface area contributed by atoms with Crippen molar-refractivity contribution in [3.8, 4) is 11.5 Å². The first kappa shape index (κ1) is 17.1. The van der Waals surface area contributed by atoms with Crippen LogP contribution in [0.4, 0.5) is 5.69 Å². The summed E-state index contributed by atoms with van der Waals surface area (Å²) in [6, 6.07) is 5.45. The molecule has 126 valence electrons. The minimum Gasteiger partial charge on any atom is -0.486 e. The van der Waals surface area contributed by atoms with Gasteiger partial charge < -0.3 is 19.7 Å². The van der Waals surface area contributed by atoms with Gasteiger partial charge >= 0.3 is 0 Å². The second-order valence-electron chi connectivity index (χ2n) is 5.63. The third kappa shape index (κ3) is 4.61. The molecule has 0 aliphatic carbocycles. The molecule has 6 heteroatoms. The van der Waals surface area contributed by atoms with Crippen molar-refractivity contribution in [3.63, 3.8) is 0 Å². The molecule has 0 saturated carbocycles. The molecule has 0 radical (unpaired) electrons. The van der Waals surface area contributed by atoms with E-state index < -0.39 is 0 Å². The van der Waals surface area contributed by atoms with Crippen molar-refractivity contribution in [1.29, 1.82) is 0 Å². The van der Waals surface area contributed by atoms with Gasteiger partial charge in [-0.3, -0.25) is 9.59 Å². The molecule has 2 amide bonds. The van der Waals surface area contributed by atoms with Gasteiger partial charge in [0.15, 0.2) is 11.5 Å². The van der Waals surface area contributed by atoms with Crippen molar-refractivity contribution < 1.29 is 19.1 Å². The Morgan fingerprint density at radius 1 is 1.26 bits per heavy atom. The molecule has 1 atom stereocenters. The molecular formula is C17H24N2O4. The van der Waals surface area contributed by atoms with Crippen LogP contribution in [0.25, 0.3) is 0 Å². The summed E-state index contributed by atoms with van der Waals surface area (Å²) in [7, 11) is 0. The fourth-order valence-corrected chi connectivity index (χ4v) is 2.48. The van der Waals surface area contributed by atoms with Gasteiger partial charge in [-0.1, -0.05) is 6.92 Å². The largest absolute Gasteiger partial charge is 0.486 e. The van der Waals surface area contributed by atoms with Crippen LogP contribution in [0.15, 0.2) is 18.2 Å². The molecule has 6 nitrogen and oxygen atoms in total. The zero-order valence-corrected chi connectivity index (χ0v) is 13.9. The molecule has 23 heavy (non-hydrogen) atoms. The first-order valence-electron chi connectivity index (χ1n) is 7.98. The van der Waals surface area contributed by atoms with Gasteiger partial charge in [0.2, 0.25) is 11.8 Å². The van der Waals surface area contributed by atoms with Gasteiger partial charge in [0.25, 0.3) is 0 Å². The Kier molecular flexibility index (Phi) is 5.84. The average molecular weight is 320 g/mol. The van der Waals surface area contributed by atoms with Gasteiger partial charge in [-0.15, -0.1) is 0 Å². The summed E-state index contributed by atoms with van der Waals surface area (Å²) in [5.41, 5.74) is 0.664. The van der Waals surface area contributed by atoms with Gasteiger partial charge in [-0.2, -0.15) is 0 Å². The van der Waals surface area contributed by atoms with E-state index in [9.17, 15) is 9.59 Å². The lowest BCUT2D eigenvalue weighted by Gasteiger charge is -2.27. The molecule has 0 aromatic heterocycles. The summed E-state index contributed by atoms with van der Waals surface area (Å²) in [6.45, 7) is 7.00. The lowest BCUT2D eigenvalue weighted by Crippen LogP contribution is -2.38. The number of hydrogen-bond donors (Lipinski definition) is 1. The molecule has 2 rings (SSSR count). The maximum atomic E-state index is 12.1. The Hall–Kier alpha value is -2.24. The van der Waals surface area contributed by atoms with E-state index in [2.05, 4.69) is 5.32 Å². The van der Waals surface area contributed by atoms with E-state index in [-0.39, 0.29) is 24.3 Å². The summed E-state index contributed by atoms with van der Waals surface area (Å²) in [5, 5.41) is 2.83. The van der Waals surface area contributed by atoms with Crippen molar-refractivity contribution in [2.75, 3.05) is 25.1 Å². The number of ether oxygens (including phenoxy) is 2. The quantitative estimate of drug-likeness (QED) is 0.874. The first-order chi connectivity index (χ1) is 11.0. The van der Waals surface area contributed by atoms with Gasteiger partial charge in [0, 0.05) is 37.7 Å². The topological polar surface area (TPSA) is 67.9 Å². The fourth-order valence-electron chi connectivity index (χ4n) is 2.48. The van der Waals surface area contributed by atoms with Crippen LogP contribution in [0.2, 0.25) is 0 Å². The molecule has 1 heterocycles. The number of benzene rings is 1. The molecular weight excluding hydrogens is 296 g/mol. The SMILES string of the molecule is CCC(C)N(CCC(=O)Nc1ccc2c(c1)OCCO2)C(C)=O. The van der Waals surface area contributed by atoms with Crippen LogP contribution in [-0.2, 0) is 9.59 Å². The molecule has 1 aromatic carbocycles. The lowest BCUT2D eigenvalue weighted by atomic mass is 10.2. The highest BCUT2D eigenvalue weighted by Gasteiger charge is 2.17. The Morgan fingerprint density at radius 2 is 1.96 bits per heavy atom. The molecule has 0 bridgehead atoms.